The van der Waals surface area contributed by atoms with Crippen LogP contribution >= 0.6 is 15.9 Å². The second-order valence-corrected chi connectivity index (χ2v) is 5.91. The summed E-state index contributed by atoms with van der Waals surface area (Å²) in [7, 11) is 0. The van der Waals surface area contributed by atoms with Gasteiger partial charge >= 0.3 is 0 Å². The van der Waals surface area contributed by atoms with Gasteiger partial charge in [0.15, 0.2) is 0 Å². The van der Waals surface area contributed by atoms with Crippen molar-refractivity contribution in [1.29, 1.82) is 0 Å². The molecule has 0 saturated carbocycles. The van der Waals surface area contributed by atoms with E-state index >= 15 is 0 Å². The first-order valence-corrected chi connectivity index (χ1v) is 7.16. The lowest BCUT2D eigenvalue weighted by Crippen LogP contribution is -2.36. The summed E-state index contributed by atoms with van der Waals surface area (Å²) >= 11 is 3.36. The fourth-order valence-corrected chi connectivity index (χ4v) is 2.93. The molecule has 0 saturated heterocycles. The second kappa shape index (κ2) is 5.94. The van der Waals surface area contributed by atoms with E-state index < -0.39 is 5.54 Å². The van der Waals surface area contributed by atoms with Crippen LogP contribution < -0.4 is 5.32 Å². The van der Waals surface area contributed by atoms with Crippen molar-refractivity contribution in [2.45, 2.75) is 19.4 Å². The number of rotatable bonds is 4. The molecule has 4 heteroatoms. The fraction of sp³-hybridized carbons (Fsp3) is 0.250. The van der Waals surface area contributed by atoms with Gasteiger partial charge in [0.2, 0.25) is 0 Å². The van der Waals surface area contributed by atoms with E-state index in [2.05, 4.69) is 21.2 Å². The van der Waals surface area contributed by atoms with Crippen molar-refractivity contribution < 1.29 is 9.50 Å². The highest BCUT2D eigenvalue weighted by Crippen LogP contribution is 2.32. The van der Waals surface area contributed by atoms with Gasteiger partial charge in [-0.05, 0) is 43.2 Å². The molecule has 2 nitrogen and oxygen atoms in total. The Labute approximate surface area is 126 Å². The predicted molar refractivity (Wildman–Crippen MR) is 83.3 cm³/mol. The highest BCUT2D eigenvalue weighted by molar-refractivity contribution is 9.10. The topological polar surface area (TPSA) is 32.3 Å². The average molecular weight is 338 g/mol. The van der Waals surface area contributed by atoms with Crippen LogP contribution in [0.5, 0.6) is 0 Å². The van der Waals surface area contributed by atoms with Gasteiger partial charge in [0.05, 0.1) is 12.1 Å². The first-order chi connectivity index (χ1) is 9.46. The Morgan fingerprint density at radius 1 is 1.25 bits per heavy atom. The molecule has 1 atom stereocenters. The smallest absolute Gasteiger partial charge is 0.124 e. The van der Waals surface area contributed by atoms with Crippen LogP contribution in [0.4, 0.5) is 10.1 Å². The van der Waals surface area contributed by atoms with Gasteiger partial charge in [-0.1, -0.05) is 40.2 Å². The molecule has 106 valence electrons. The largest absolute Gasteiger partial charge is 0.394 e. The molecule has 0 heterocycles. The van der Waals surface area contributed by atoms with Crippen molar-refractivity contribution in [1.82, 2.24) is 0 Å². The maximum atomic E-state index is 13.2. The molecule has 0 radical (unpaired) electrons. The lowest BCUT2D eigenvalue weighted by Gasteiger charge is -2.32. The molecule has 0 aliphatic rings. The number of anilines is 1. The van der Waals surface area contributed by atoms with E-state index in [1.807, 2.05) is 38.1 Å². The van der Waals surface area contributed by atoms with Gasteiger partial charge in [0, 0.05) is 10.2 Å². The predicted octanol–water partition coefficient (Wildman–Crippen LogP) is 4.22. The van der Waals surface area contributed by atoms with Crippen LogP contribution in [-0.4, -0.2) is 11.7 Å². The van der Waals surface area contributed by atoms with E-state index in [9.17, 15) is 9.50 Å². The van der Waals surface area contributed by atoms with Gasteiger partial charge in [0.1, 0.15) is 5.82 Å². The number of hydrogen-bond donors (Lipinski definition) is 2. The number of hydrogen-bond acceptors (Lipinski definition) is 2. The van der Waals surface area contributed by atoms with Crippen molar-refractivity contribution in [3.05, 3.63) is 63.9 Å². The maximum Gasteiger partial charge on any atom is 0.124 e. The Kier molecular flexibility index (Phi) is 4.45. The Balaban J connectivity index is 2.41. The van der Waals surface area contributed by atoms with Gasteiger partial charge in [-0.2, -0.15) is 0 Å². The summed E-state index contributed by atoms with van der Waals surface area (Å²) in [6, 6.07) is 12.3. The monoisotopic (exact) mass is 337 g/mol. The third-order valence-electron chi connectivity index (χ3n) is 3.40. The molecule has 2 rings (SSSR count). The number of aliphatic hydroxyl groups excluding tert-OH is 1. The van der Waals surface area contributed by atoms with Crippen LogP contribution in [0.3, 0.4) is 0 Å². The molecule has 2 aromatic rings. The Morgan fingerprint density at radius 2 is 1.95 bits per heavy atom. The van der Waals surface area contributed by atoms with E-state index in [0.29, 0.717) is 4.47 Å². The molecule has 2 aromatic carbocycles. The number of aryl methyl sites for hydroxylation is 1. The highest BCUT2D eigenvalue weighted by Gasteiger charge is 2.28. The Bertz CT molecular complexity index is 617. The standard InChI is InChI=1S/C16H17BrFNO/c1-11-5-3-4-6-15(11)19-16(2,10-20)13-8-7-12(18)9-14(13)17/h3-9,19-20H,10H2,1-2H3. The molecule has 2 N–H and O–H groups in total. The SMILES string of the molecule is Cc1ccccc1NC(C)(CO)c1ccc(F)cc1Br. The molecule has 0 aliphatic heterocycles. The van der Waals surface area contributed by atoms with Crippen LogP contribution in [0.25, 0.3) is 0 Å². The lowest BCUT2D eigenvalue weighted by atomic mass is 9.92. The van der Waals surface area contributed by atoms with Crippen molar-refractivity contribution in [3.8, 4) is 0 Å². The van der Waals surface area contributed by atoms with Crippen LogP contribution in [-0.2, 0) is 5.54 Å². The van der Waals surface area contributed by atoms with Gasteiger partial charge in [0.25, 0.3) is 0 Å². The lowest BCUT2D eigenvalue weighted by molar-refractivity contribution is 0.223. The summed E-state index contributed by atoms with van der Waals surface area (Å²) < 4.78 is 13.9. The van der Waals surface area contributed by atoms with E-state index in [-0.39, 0.29) is 12.4 Å². The molecular formula is C16H17BrFNO. The number of para-hydroxylation sites is 1. The minimum Gasteiger partial charge on any atom is -0.394 e. The molecular weight excluding hydrogens is 321 g/mol. The zero-order valence-corrected chi connectivity index (χ0v) is 13.0. The van der Waals surface area contributed by atoms with Crippen LogP contribution in [0.15, 0.2) is 46.9 Å². The number of halogens is 2. The first kappa shape index (κ1) is 15.0. The normalized spacial score (nSPS) is 13.8. The Hall–Kier alpha value is -1.39. The van der Waals surface area contributed by atoms with Crippen LogP contribution in [0.1, 0.15) is 18.1 Å². The van der Waals surface area contributed by atoms with Gasteiger partial charge in [-0.3, -0.25) is 0 Å². The number of benzene rings is 2. The number of nitrogens with one attached hydrogen (secondary N) is 1. The van der Waals surface area contributed by atoms with Gasteiger partial charge in [-0.25, -0.2) is 4.39 Å². The molecule has 0 spiro atoms. The summed E-state index contributed by atoms with van der Waals surface area (Å²) in [5.41, 5.74) is 2.15. The molecule has 1 unspecified atom stereocenters. The summed E-state index contributed by atoms with van der Waals surface area (Å²) in [4.78, 5) is 0. The maximum absolute atomic E-state index is 13.2. The minimum atomic E-state index is -0.696. The van der Waals surface area contributed by atoms with Crippen molar-refractivity contribution in [3.63, 3.8) is 0 Å². The third-order valence-corrected chi connectivity index (χ3v) is 4.05. The Morgan fingerprint density at radius 3 is 2.55 bits per heavy atom. The van der Waals surface area contributed by atoms with E-state index in [1.54, 1.807) is 6.07 Å². The van der Waals surface area contributed by atoms with E-state index in [0.717, 1.165) is 16.8 Å². The van der Waals surface area contributed by atoms with Gasteiger partial charge in [-0.15, -0.1) is 0 Å². The zero-order chi connectivity index (χ0) is 14.8. The zero-order valence-electron chi connectivity index (χ0n) is 11.5. The third kappa shape index (κ3) is 3.02. The second-order valence-electron chi connectivity index (χ2n) is 5.05. The van der Waals surface area contributed by atoms with Crippen molar-refractivity contribution in [2.24, 2.45) is 0 Å². The number of aliphatic hydroxyl groups is 1. The molecule has 0 aliphatic carbocycles. The molecule has 0 fully saturated rings. The quantitative estimate of drug-likeness (QED) is 0.875. The highest BCUT2D eigenvalue weighted by atomic mass is 79.9. The molecule has 0 aromatic heterocycles. The van der Waals surface area contributed by atoms with Gasteiger partial charge < -0.3 is 10.4 Å². The van der Waals surface area contributed by atoms with Crippen LogP contribution in [0.2, 0.25) is 0 Å². The summed E-state index contributed by atoms with van der Waals surface area (Å²) in [6.07, 6.45) is 0. The summed E-state index contributed by atoms with van der Waals surface area (Å²) in [5.74, 6) is -0.309. The first-order valence-electron chi connectivity index (χ1n) is 6.36. The van der Waals surface area contributed by atoms with E-state index in [4.69, 9.17) is 0 Å². The average Bonchev–Trinajstić information content (AvgIpc) is 2.41. The fourth-order valence-electron chi connectivity index (χ4n) is 2.14. The molecule has 20 heavy (non-hydrogen) atoms. The van der Waals surface area contributed by atoms with Crippen molar-refractivity contribution >= 4 is 21.6 Å². The summed E-state index contributed by atoms with van der Waals surface area (Å²) in [5, 5.41) is 13.2. The van der Waals surface area contributed by atoms with Crippen molar-refractivity contribution in [2.75, 3.05) is 11.9 Å². The van der Waals surface area contributed by atoms with Crippen LogP contribution in [0, 0.1) is 12.7 Å². The summed E-state index contributed by atoms with van der Waals surface area (Å²) in [6.45, 7) is 3.78. The molecule has 0 bridgehead atoms. The van der Waals surface area contributed by atoms with E-state index in [1.165, 1.54) is 12.1 Å². The minimum absolute atomic E-state index is 0.106. The molecule has 0 amide bonds.